The maximum Gasteiger partial charge on any atom is 0.407 e. The second kappa shape index (κ2) is 30.1. The number of aliphatic carboxylic acids is 1. The van der Waals surface area contributed by atoms with Crippen LogP contribution in [0.15, 0.2) is 54.6 Å². The highest BCUT2D eigenvalue weighted by atomic mass is 16.5. The van der Waals surface area contributed by atoms with Crippen LogP contribution in [0.4, 0.5) is 15.3 Å². The minimum absolute atomic E-state index is 0.00904. The van der Waals surface area contributed by atoms with Crippen LogP contribution in [0.2, 0.25) is 0 Å². The van der Waals surface area contributed by atoms with Gasteiger partial charge >= 0.3 is 18.1 Å². The maximum atomic E-state index is 14.0. The topological polar surface area (TPSA) is 294 Å². The molecule has 8 amide bonds. The molecule has 4 rings (SSSR count). The number of nitrogens with one attached hydrogen (secondary N) is 6. The third-order valence-electron chi connectivity index (χ3n) is 11.9. The predicted molar refractivity (Wildman–Crippen MR) is 264 cm³/mol. The Bertz CT molecular complexity index is 2230. The van der Waals surface area contributed by atoms with E-state index >= 15 is 0 Å². The second-order valence-electron chi connectivity index (χ2n) is 17.5. The number of piperidine rings is 1. The number of urea groups is 1. The zero-order valence-electron chi connectivity index (χ0n) is 41.3. The lowest BCUT2D eigenvalue weighted by atomic mass is 10.0. The molecule has 0 bridgehead atoms. The second-order valence-corrected chi connectivity index (χ2v) is 17.5. The highest BCUT2D eigenvalue weighted by Gasteiger charge is 2.32. The van der Waals surface area contributed by atoms with Gasteiger partial charge in [0.05, 0.1) is 32.8 Å². The smallest absolute Gasteiger partial charge is 0.407 e. The van der Waals surface area contributed by atoms with E-state index in [-0.39, 0.29) is 96.1 Å². The number of ether oxygens (including phenoxy) is 3. The van der Waals surface area contributed by atoms with E-state index in [2.05, 4.69) is 48.6 Å². The summed E-state index contributed by atoms with van der Waals surface area (Å²) in [7, 11) is 3.33. The molecule has 9 N–H and O–H groups in total. The molecule has 71 heavy (non-hydrogen) atoms. The van der Waals surface area contributed by atoms with Crippen molar-refractivity contribution in [2.45, 2.75) is 103 Å². The van der Waals surface area contributed by atoms with Gasteiger partial charge in [-0.15, -0.1) is 0 Å². The Labute approximate surface area is 414 Å². The van der Waals surface area contributed by atoms with Crippen LogP contribution < -0.4 is 37.6 Å². The van der Waals surface area contributed by atoms with Crippen molar-refractivity contribution < 1.29 is 57.7 Å². The van der Waals surface area contributed by atoms with Crippen LogP contribution in [0.5, 0.6) is 0 Å². The summed E-state index contributed by atoms with van der Waals surface area (Å²) in [5, 5.41) is 26.3. The summed E-state index contributed by atoms with van der Waals surface area (Å²) >= 11 is 0. The van der Waals surface area contributed by atoms with Crippen molar-refractivity contribution in [1.29, 1.82) is 0 Å². The molecule has 0 radical (unpaired) electrons. The highest BCUT2D eigenvalue weighted by molar-refractivity contribution is 5.98. The molecule has 1 aromatic heterocycles. The quantitative estimate of drug-likeness (QED) is 0.0446. The molecule has 22 nitrogen and oxygen atoms in total. The highest BCUT2D eigenvalue weighted by Crippen LogP contribution is 2.23. The first kappa shape index (κ1) is 56.8. The summed E-state index contributed by atoms with van der Waals surface area (Å²) in [4.78, 5) is 105. The molecule has 2 aromatic carbocycles. The first-order valence-electron chi connectivity index (χ1n) is 24.1. The number of nitrogens with zero attached hydrogens (tertiary/aromatic N) is 3. The molecule has 0 unspecified atom stereocenters. The number of nitrogens with two attached hydrogens (primary N) is 1. The lowest BCUT2D eigenvalue weighted by Crippen LogP contribution is -2.54. The molecule has 1 aliphatic heterocycles. The first-order chi connectivity index (χ1) is 34.1. The van der Waals surface area contributed by atoms with Gasteiger partial charge < -0.3 is 71.3 Å². The Morgan fingerprint density at radius 1 is 0.845 bits per heavy atom. The summed E-state index contributed by atoms with van der Waals surface area (Å²) in [6.45, 7) is 6.43. The number of carbonyl (C=O) groups excluding carboxylic acids is 7. The summed E-state index contributed by atoms with van der Waals surface area (Å²) in [6.07, 6.45) is 0.587. The van der Waals surface area contributed by atoms with Gasteiger partial charge in [0.1, 0.15) is 18.7 Å². The van der Waals surface area contributed by atoms with Crippen LogP contribution in [-0.4, -0.2) is 152 Å². The van der Waals surface area contributed by atoms with E-state index in [1.54, 1.807) is 43.0 Å². The van der Waals surface area contributed by atoms with Crippen LogP contribution in [-0.2, 0) is 62.7 Å². The van der Waals surface area contributed by atoms with Crippen LogP contribution in [0, 0.1) is 5.92 Å². The molecule has 390 valence electrons. The van der Waals surface area contributed by atoms with Gasteiger partial charge in [0.25, 0.3) is 0 Å². The molecule has 0 spiro atoms. The summed E-state index contributed by atoms with van der Waals surface area (Å²) in [6, 6.07) is 13.6. The SMILES string of the molecule is CNCc1cc2ccccc2n1CCC(=O)N1CCC(N(CCOCCOCCC(=O)O)C(=O)CCC(=O)N[C@H](C(=O)N[C@@H](CCCNC(N)=O)C(=O)Nc2ccc(COC(=O)NC)cc2)C(C)C)CC1. The van der Waals surface area contributed by atoms with Crippen molar-refractivity contribution in [2.24, 2.45) is 11.7 Å². The molecule has 1 aliphatic rings. The van der Waals surface area contributed by atoms with E-state index in [9.17, 15) is 38.4 Å². The number of hydrogen-bond donors (Lipinski definition) is 8. The molecule has 2 atom stereocenters. The average molecular weight is 993 g/mol. The largest absolute Gasteiger partial charge is 0.481 e. The molecule has 0 saturated carbocycles. The number of para-hydroxylation sites is 1. The van der Waals surface area contributed by atoms with Gasteiger partial charge in [-0.05, 0) is 73.9 Å². The van der Waals surface area contributed by atoms with Crippen molar-refractivity contribution in [3.8, 4) is 0 Å². The van der Waals surface area contributed by atoms with Gasteiger partial charge in [0.2, 0.25) is 29.5 Å². The number of aromatic nitrogens is 1. The number of likely N-dealkylation sites (tertiary alicyclic amines) is 1. The molecular formula is C49H72N10O12. The van der Waals surface area contributed by atoms with Crippen LogP contribution >= 0.6 is 0 Å². The fourth-order valence-electron chi connectivity index (χ4n) is 8.13. The molecule has 0 aliphatic carbocycles. The zero-order valence-corrected chi connectivity index (χ0v) is 41.3. The number of carboxylic acid groups (broad SMARTS) is 1. The van der Waals surface area contributed by atoms with Crippen molar-refractivity contribution in [1.82, 2.24) is 41.0 Å². The number of fused-ring (bicyclic) bond motifs is 1. The summed E-state index contributed by atoms with van der Waals surface area (Å²) < 4.78 is 18.3. The van der Waals surface area contributed by atoms with E-state index in [1.165, 1.54) is 7.05 Å². The maximum absolute atomic E-state index is 14.0. The number of amides is 8. The molecule has 1 fully saturated rings. The zero-order chi connectivity index (χ0) is 51.7. The third kappa shape index (κ3) is 19.5. The minimum atomic E-state index is -1.09. The number of anilines is 1. The van der Waals surface area contributed by atoms with Crippen LogP contribution in [0.25, 0.3) is 10.9 Å². The van der Waals surface area contributed by atoms with E-state index in [4.69, 9.17) is 25.1 Å². The molecule has 22 heteroatoms. The van der Waals surface area contributed by atoms with Gasteiger partial charge in [-0.2, -0.15) is 0 Å². The van der Waals surface area contributed by atoms with Crippen molar-refractivity contribution >= 4 is 64.2 Å². The van der Waals surface area contributed by atoms with Crippen molar-refractivity contribution in [3.63, 3.8) is 0 Å². The number of carboxylic acids is 1. The number of hydrogen-bond acceptors (Lipinski definition) is 12. The van der Waals surface area contributed by atoms with Crippen LogP contribution in [0.3, 0.4) is 0 Å². The summed E-state index contributed by atoms with van der Waals surface area (Å²) in [5.41, 5.74) is 8.44. The van der Waals surface area contributed by atoms with E-state index in [0.29, 0.717) is 56.7 Å². The number of aryl methyl sites for hydroxylation is 1. The number of alkyl carbamates (subject to hydrolysis) is 1. The van der Waals surface area contributed by atoms with Crippen LogP contribution in [0.1, 0.15) is 76.5 Å². The number of carbonyl (C=O) groups is 8. The summed E-state index contributed by atoms with van der Waals surface area (Å²) in [5.74, 6) is -3.41. The fourth-order valence-corrected chi connectivity index (χ4v) is 8.13. The molecule has 1 saturated heterocycles. The Morgan fingerprint density at radius 2 is 1.55 bits per heavy atom. The molecule has 2 heterocycles. The van der Waals surface area contributed by atoms with E-state index in [1.807, 2.05) is 30.1 Å². The first-order valence-corrected chi connectivity index (χ1v) is 24.1. The van der Waals surface area contributed by atoms with Gasteiger partial charge in [0, 0.05) is 88.5 Å². The monoisotopic (exact) mass is 993 g/mol. The van der Waals surface area contributed by atoms with Gasteiger partial charge in [0.15, 0.2) is 0 Å². The van der Waals surface area contributed by atoms with Crippen molar-refractivity contribution in [3.05, 3.63) is 65.9 Å². The Hall–Kier alpha value is -6.78. The number of primary amides is 1. The van der Waals surface area contributed by atoms with Crippen molar-refractivity contribution in [2.75, 3.05) is 72.0 Å². The van der Waals surface area contributed by atoms with Gasteiger partial charge in [-0.1, -0.05) is 44.2 Å². The number of benzene rings is 2. The number of rotatable bonds is 30. The Balaban J connectivity index is 1.36. The Morgan fingerprint density at radius 3 is 2.21 bits per heavy atom. The molecular weight excluding hydrogens is 921 g/mol. The molecule has 3 aromatic rings. The standard InChI is InChI=1S/C49H72N10O12/c1-33(2)45(47(66)55-39(9-7-21-53-48(50)67)46(65)54-36-13-11-34(12-14-36)32-71-49(68)52-4)56-41(60)15-16-43(62)59(25-27-70-29-28-69-26-20-44(63)64)37-17-22-57(23-18-37)42(61)19-24-58-38(31-51-3)30-35-8-5-6-10-40(35)58/h5-6,8,10-14,30,33,37,39,45,51H,7,9,15-29,31-32H2,1-4H3,(H,52,68)(H,54,65)(H,55,66)(H,56,60)(H,63,64)(H3,50,53,67)/t39-,45-/m0/s1. The normalized spacial score (nSPS) is 13.5. The lowest BCUT2D eigenvalue weighted by Gasteiger charge is -2.39. The van der Waals surface area contributed by atoms with Gasteiger partial charge in [-0.25, -0.2) is 9.59 Å². The van der Waals surface area contributed by atoms with E-state index < -0.39 is 53.8 Å². The van der Waals surface area contributed by atoms with Gasteiger partial charge in [-0.3, -0.25) is 28.8 Å². The third-order valence-corrected chi connectivity index (χ3v) is 11.9. The van der Waals surface area contributed by atoms with E-state index in [0.717, 1.165) is 16.6 Å². The minimum Gasteiger partial charge on any atom is -0.481 e. The lowest BCUT2D eigenvalue weighted by molar-refractivity contribution is -0.139. The Kier molecular flexibility index (Phi) is 24.1. The average Bonchev–Trinajstić information content (AvgIpc) is 3.70. The predicted octanol–water partition coefficient (Wildman–Crippen LogP) is 2.43. The fraction of sp³-hybridized carbons (Fsp3) is 0.551.